The molecule has 2 rings (SSSR count). The molecule has 27 heavy (non-hydrogen) atoms. The van der Waals surface area contributed by atoms with Gasteiger partial charge in [0, 0.05) is 12.7 Å². The maximum Gasteiger partial charge on any atom is 0.293 e. The Kier molecular flexibility index (Phi) is 5.96. The Bertz CT molecular complexity index is 1030. The Morgan fingerprint density at radius 1 is 1.33 bits per heavy atom. The first-order chi connectivity index (χ1) is 12.8. The number of aromatic nitrogens is 1. The minimum absolute atomic E-state index is 0.0177. The molecule has 0 aliphatic carbocycles. The highest BCUT2D eigenvalue weighted by Crippen LogP contribution is 2.22. The second-order valence-electron chi connectivity index (χ2n) is 5.27. The van der Waals surface area contributed by atoms with Gasteiger partial charge in [0.2, 0.25) is 0 Å². The van der Waals surface area contributed by atoms with Gasteiger partial charge in [0.25, 0.3) is 17.6 Å². The van der Waals surface area contributed by atoms with E-state index in [4.69, 9.17) is 23.3 Å². The number of anilines is 1. The summed E-state index contributed by atoms with van der Waals surface area (Å²) in [4.78, 5) is 36.3. The molecule has 1 aromatic heterocycles. The SMILES string of the molecule is C#CCNC(=O)C(=O)c1cc(C(=O)Nc2ccc(F)c(C#N)c2)n(C)c1Cl. The number of benzene rings is 1. The van der Waals surface area contributed by atoms with Gasteiger partial charge in [0.15, 0.2) is 0 Å². The van der Waals surface area contributed by atoms with Gasteiger partial charge < -0.3 is 15.2 Å². The van der Waals surface area contributed by atoms with Crippen LogP contribution in [0.1, 0.15) is 26.4 Å². The average Bonchev–Trinajstić information content (AvgIpc) is 2.95. The molecule has 0 spiro atoms. The van der Waals surface area contributed by atoms with E-state index in [0.29, 0.717) is 0 Å². The number of rotatable bonds is 5. The summed E-state index contributed by atoms with van der Waals surface area (Å²) in [7, 11) is 1.43. The molecule has 1 aromatic carbocycles. The molecule has 0 bridgehead atoms. The second kappa shape index (κ2) is 8.17. The highest BCUT2D eigenvalue weighted by molar-refractivity contribution is 6.47. The molecule has 0 saturated heterocycles. The normalized spacial score (nSPS) is 9.81. The predicted molar refractivity (Wildman–Crippen MR) is 95.7 cm³/mol. The van der Waals surface area contributed by atoms with E-state index in [1.165, 1.54) is 17.7 Å². The van der Waals surface area contributed by atoms with Crippen LogP contribution in [0.2, 0.25) is 5.15 Å². The summed E-state index contributed by atoms with van der Waals surface area (Å²) in [5.74, 6) is -1.13. The van der Waals surface area contributed by atoms with E-state index in [1.807, 2.05) is 0 Å². The van der Waals surface area contributed by atoms with Crippen molar-refractivity contribution in [3.8, 4) is 18.4 Å². The molecule has 0 aliphatic heterocycles. The van der Waals surface area contributed by atoms with E-state index in [2.05, 4.69) is 16.6 Å². The average molecular weight is 387 g/mol. The summed E-state index contributed by atoms with van der Waals surface area (Å²) in [6, 6.07) is 6.30. The van der Waals surface area contributed by atoms with E-state index in [9.17, 15) is 18.8 Å². The van der Waals surface area contributed by atoms with Crippen molar-refractivity contribution in [1.29, 1.82) is 5.26 Å². The van der Waals surface area contributed by atoms with Crippen LogP contribution in [0.5, 0.6) is 0 Å². The van der Waals surface area contributed by atoms with Crippen LogP contribution in [0.4, 0.5) is 10.1 Å². The fourth-order valence-corrected chi connectivity index (χ4v) is 2.41. The molecule has 2 amide bonds. The van der Waals surface area contributed by atoms with Crippen LogP contribution in [-0.4, -0.2) is 28.7 Å². The Labute approximate surface area is 158 Å². The summed E-state index contributed by atoms with van der Waals surface area (Å²) in [6.07, 6.45) is 5.01. The van der Waals surface area contributed by atoms with Gasteiger partial charge in [-0.15, -0.1) is 6.42 Å². The van der Waals surface area contributed by atoms with Crippen molar-refractivity contribution in [3.63, 3.8) is 0 Å². The first-order valence-corrected chi connectivity index (χ1v) is 7.80. The third-order valence-corrected chi connectivity index (χ3v) is 4.00. The maximum absolute atomic E-state index is 13.4. The number of Topliss-reactive ketones (excluding diaryl/α,β-unsaturated/α-hetero) is 1. The minimum atomic E-state index is -0.954. The van der Waals surface area contributed by atoms with Gasteiger partial charge in [-0.1, -0.05) is 17.5 Å². The number of nitriles is 1. The highest BCUT2D eigenvalue weighted by atomic mass is 35.5. The molecule has 7 nitrogen and oxygen atoms in total. The summed E-state index contributed by atoms with van der Waals surface area (Å²) in [6.45, 7) is -0.131. The quantitative estimate of drug-likeness (QED) is 0.465. The van der Waals surface area contributed by atoms with Crippen LogP contribution in [0.3, 0.4) is 0 Å². The lowest BCUT2D eigenvalue weighted by Crippen LogP contribution is -2.31. The van der Waals surface area contributed by atoms with Crippen LogP contribution in [0.25, 0.3) is 0 Å². The lowest BCUT2D eigenvalue weighted by atomic mass is 10.2. The third-order valence-electron chi connectivity index (χ3n) is 3.54. The van der Waals surface area contributed by atoms with Gasteiger partial charge in [0.1, 0.15) is 22.7 Å². The molecule has 0 aliphatic rings. The Morgan fingerprint density at radius 2 is 2.04 bits per heavy atom. The number of terminal acetylenes is 1. The summed E-state index contributed by atoms with van der Waals surface area (Å²) >= 11 is 6.05. The fourth-order valence-electron chi connectivity index (χ4n) is 2.17. The number of ketones is 1. The molecule has 0 unspecified atom stereocenters. The predicted octanol–water partition coefficient (Wildman–Crippen LogP) is 1.87. The lowest BCUT2D eigenvalue weighted by Gasteiger charge is -2.07. The molecule has 0 atom stereocenters. The zero-order valence-electron chi connectivity index (χ0n) is 14.0. The maximum atomic E-state index is 13.4. The molecular weight excluding hydrogens is 375 g/mol. The van der Waals surface area contributed by atoms with Crippen LogP contribution in [0.15, 0.2) is 24.3 Å². The van der Waals surface area contributed by atoms with Crippen molar-refractivity contribution in [1.82, 2.24) is 9.88 Å². The van der Waals surface area contributed by atoms with Gasteiger partial charge in [0.05, 0.1) is 17.7 Å². The second-order valence-corrected chi connectivity index (χ2v) is 5.63. The minimum Gasteiger partial charge on any atom is -0.338 e. The van der Waals surface area contributed by atoms with Crippen LogP contribution >= 0.6 is 11.6 Å². The fraction of sp³-hybridized carbons (Fsp3) is 0.111. The van der Waals surface area contributed by atoms with E-state index in [-0.39, 0.29) is 34.2 Å². The van der Waals surface area contributed by atoms with Crippen molar-refractivity contribution < 1.29 is 18.8 Å². The third kappa shape index (κ3) is 4.14. The van der Waals surface area contributed by atoms with Crippen molar-refractivity contribution in [3.05, 3.63) is 52.1 Å². The number of hydrogen-bond donors (Lipinski definition) is 2. The number of amides is 2. The van der Waals surface area contributed by atoms with E-state index in [1.54, 1.807) is 6.07 Å². The van der Waals surface area contributed by atoms with Gasteiger partial charge in [-0.05, 0) is 24.3 Å². The van der Waals surface area contributed by atoms with Crippen molar-refractivity contribution in [2.45, 2.75) is 0 Å². The Hall–Kier alpha value is -3.62. The van der Waals surface area contributed by atoms with E-state index in [0.717, 1.165) is 18.2 Å². The Balaban J connectivity index is 2.28. The summed E-state index contributed by atoms with van der Waals surface area (Å²) < 4.78 is 14.6. The monoisotopic (exact) mass is 386 g/mol. The molecule has 2 N–H and O–H groups in total. The molecular formula is C18H12ClFN4O3. The number of carbonyl (C=O) groups is 3. The number of halogens is 2. The summed E-state index contributed by atoms with van der Waals surface area (Å²) in [5, 5.41) is 13.4. The van der Waals surface area contributed by atoms with Crippen LogP contribution in [0, 0.1) is 29.5 Å². The van der Waals surface area contributed by atoms with Crippen LogP contribution < -0.4 is 10.6 Å². The Morgan fingerprint density at radius 3 is 2.67 bits per heavy atom. The smallest absolute Gasteiger partial charge is 0.293 e. The number of carbonyl (C=O) groups excluding carboxylic acids is 3. The highest BCUT2D eigenvalue weighted by Gasteiger charge is 2.25. The van der Waals surface area contributed by atoms with Crippen molar-refractivity contribution in [2.75, 3.05) is 11.9 Å². The number of nitrogens with zero attached hydrogens (tertiary/aromatic N) is 2. The topological polar surface area (TPSA) is 104 Å². The first-order valence-electron chi connectivity index (χ1n) is 7.42. The van der Waals surface area contributed by atoms with Gasteiger partial charge in [-0.25, -0.2) is 4.39 Å². The largest absolute Gasteiger partial charge is 0.338 e. The van der Waals surface area contributed by atoms with Crippen LogP contribution in [-0.2, 0) is 11.8 Å². The lowest BCUT2D eigenvalue weighted by molar-refractivity contribution is -0.116. The van der Waals surface area contributed by atoms with E-state index >= 15 is 0 Å². The molecule has 1 heterocycles. The molecule has 0 saturated carbocycles. The van der Waals surface area contributed by atoms with Gasteiger partial charge in [-0.2, -0.15) is 5.26 Å². The molecule has 9 heteroatoms. The molecule has 0 fully saturated rings. The van der Waals surface area contributed by atoms with E-state index < -0.39 is 23.4 Å². The first kappa shape index (κ1) is 19.7. The molecule has 0 radical (unpaired) electrons. The van der Waals surface area contributed by atoms with Crippen molar-refractivity contribution >= 4 is 34.9 Å². The zero-order chi connectivity index (χ0) is 20.1. The molecule has 136 valence electrons. The van der Waals surface area contributed by atoms with Gasteiger partial charge >= 0.3 is 0 Å². The summed E-state index contributed by atoms with van der Waals surface area (Å²) in [5.41, 5.74) is -0.250. The van der Waals surface area contributed by atoms with Crippen molar-refractivity contribution in [2.24, 2.45) is 7.05 Å². The standard InChI is InChI=1S/C18H12ClFN4O3/c1-3-6-22-18(27)15(25)12-8-14(24(2)16(12)19)17(26)23-11-4-5-13(20)10(7-11)9-21/h1,4-5,7-8H,6H2,2H3,(H,22,27)(H,23,26). The number of nitrogens with one attached hydrogen (secondary N) is 2. The van der Waals surface area contributed by atoms with Gasteiger partial charge in [-0.3, -0.25) is 14.4 Å². The molecule has 2 aromatic rings. The number of hydrogen-bond acceptors (Lipinski definition) is 4. The zero-order valence-corrected chi connectivity index (χ0v) is 14.7.